The van der Waals surface area contributed by atoms with Gasteiger partial charge in [-0.3, -0.25) is 10.7 Å². The molecule has 0 aromatic heterocycles. The van der Waals surface area contributed by atoms with Gasteiger partial charge in [0.05, 0.1) is 54.9 Å². The van der Waals surface area contributed by atoms with E-state index >= 15 is 0 Å². The van der Waals surface area contributed by atoms with Gasteiger partial charge >= 0.3 is 23.9 Å². The number of benzene rings is 8. The monoisotopic (exact) mass is 1120 g/mol. The number of ether oxygens (including phenoxy) is 4. The number of methoxy groups -OCH3 is 3. The van der Waals surface area contributed by atoms with E-state index in [2.05, 4.69) is 4.74 Å². The number of aliphatic hydroxyl groups is 1. The third-order valence-electron chi connectivity index (χ3n) is 10.3. The van der Waals surface area contributed by atoms with Gasteiger partial charge in [-0.05, 0) is 109 Å². The average Bonchev–Trinajstić information content (AvgIpc) is 3.52. The van der Waals surface area contributed by atoms with Crippen LogP contribution in [0.4, 0.5) is 22.7 Å². The molecule has 82 heavy (non-hydrogen) atoms. The highest BCUT2D eigenvalue weighted by Crippen LogP contribution is 2.14. The largest absolute Gasteiger partial charge is 0.618 e. The number of aromatic carboxylic acids is 3. The number of nitrogens with zero attached hydrogens (tertiary/aromatic N) is 3. The van der Waals surface area contributed by atoms with Gasteiger partial charge in [-0.25, -0.2) is 19.2 Å². The summed E-state index contributed by atoms with van der Waals surface area (Å²) in [4.78, 5) is 43.4. The molecule has 426 valence electrons. The van der Waals surface area contributed by atoms with Crippen molar-refractivity contribution >= 4 is 65.3 Å². The fraction of sp³-hybridized carbons (Fsp3) is 0.113. The van der Waals surface area contributed by atoms with Crippen LogP contribution in [0.5, 0.6) is 5.75 Å². The summed E-state index contributed by atoms with van der Waals surface area (Å²) < 4.78 is 21.4. The Kier molecular flexibility index (Phi) is 30.6. The van der Waals surface area contributed by atoms with E-state index in [1.807, 2.05) is 41.9 Å². The van der Waals surface area contributed by atoms with Gasteiger partial charge < -0.3 is 55.0 Å². The first-order valence-electron chi connectivity index (χ1n) is 24.6. The maximum Gasteiger partial charge on any atom is 0.338 e. The number of esters is 1. The molecule has 0 saturated carbocycles. The van der Waals surface area contributed by atoms with E-state index in [0.29, 0.717) is 64.0 Å². The number of hydrogen-bond donors (Lipinski definition) is 6. The van der Waals surface area contributed by atoms with E-state index < -0.39 is 23.9 Å². The lowest BCUT2D eigenvalue weighted by atomic mass is 10.1. The van der Waals surface area contributed by atoms with E-state index in [9.17, 15) is 34.8 Å². The van der Waals surface area contributed by atoms with Crippen molar-refractivity contribution in [2.45, 2.75) is 0 Å². The average molecular weight is 1120 g/mol. The standard InChI is InChI=1S/C17H17NO4.2C14H11NO3.C8H8O3.C6H7NO.C3H8O2/c1-21-11-12-22-17(19)15-9-7-14(8-10-15)13-18(20)16-5-3-2-4-6-16;2*16-14(17)12-8-6-11(7-9-12)10-15(18)13-4-2-1-3-5-13;1-11-7-4-2-6(3-5-7)8(9)10;8-7-6-4-2-1-3-5-6;1-5-3-2-4/h2-10,13H,11-12H2,1H3;2*1-10H,(H,16,17);2-5H,1H3,(H,9,10);1-5,7-8H;4H,2-3H2,1H3/b18-13-;2*15-10-;;;. The first-order chi connectivity index (χ1) is 39.6. The van der Waals surface area contributed by atoms with Crippen LogP contribution in [0.15, 0.2) is 218 Å². The summed E-state index contributed by atoms with van der Waals surface area (Å²) in [5, 5.41) is 77.8. The summed E-state index contributed by atoms with van der Waals surface area (Å²) in [6.07, 6.45) is 4.26. The minimum atomic E-state index is -0.983. The summed E-state index contributed by atoms with van der Waals surface area (Å²) in [5.74, 6) is -2.64. The molecule has 0 saturated heterocycles. The van der Waals surface area contributed by atoms with E-state index in [1.54, 1.807) is 160 Å². The van der Waals surface area contributed by atoms with Crippen molar-refractivity contribution in [3.05, 3.63) is 273 Å². The van der Waals surface area contributed by atoms with Crippen LogP contribution in [0.25, 0.3) is 0 Å². The molecule has 0 spiro atoms. The second-order valence-corrected chi connectivity index (χ2v) is 16.2. The van der Waals surface area contributed by atoms with E-state index in [4.69, 9.17) is 39.8 Å². The number of carboxylic acid groups (broad SMARTS) is 3. The molecular weight excluding hydrogens is 1060 g/mol. The van der Waals surface area contributed by atoms with Gasteiger partial charge in [-0.15, -0.1) is 0 Å². The molecule has 0 bridgehead atoms. The molecule has 0 heterocycles. The predicted octanol–water partition coefficient (Wildman–Crippen LogP) is 10.5. The number of carboxylic acids is 3. The Morgan fingerprint density at radius 3 is 0.988 bits per heavy atom. The second kappa shape index (κ2) is 38.1. The number of nitrogens with one attached hydrogen (secondary N) is 1. The van der Waals surface area contributed by atoms with Crippen molar-refractivity contribution in [3.63, 3.8) is 0 Å². The Morgan fingerprint density at radius 1 is 0.427 bits per heavy atom. The van der Waals surface area contributed by atoms with Gasteiger partial charge in [-0.2, -0.15) is 14.2 Å². The Morgan fingerprint density at radius 2 is 0.732 bits per heavy atom. The summed E-state index contributed by atoms with van der Waals surface area (Å²) in [6.45, 7) is 1.14. The van der Waals surface area contributed by atoms with Crippen molar-refractivity contribution in [1.82, 2.24) is 0 Å². The lowest BCUT2D eigenvalue weighted by Crippen LogP contribution is -2.10. The van der Waals surface area contributed by atoms with Crippen molar-refractivity contribution in [2.75, 3.05) is 53.2 Å². The summed E-state index contributed by atoms with van der Waals surface area (Å²) in [5.41, 5.74) is 7.45. The van der Waals surface area contributed by atoms with Crippen molar-refractivity contribution in [2.24, 2.45) is 0 Å². The molecule has 0 amide bonds. The summed E-state index contributed by atoms with van der Waals surface area (Å²) in [7, 11) is 4.63. The zero-order valence-electron chi connectivity index (χ0n) is 44.9. The van der Waals surface area contributed by atoms with E-state index in [-0.39, 0.29) is 29.9 Å². The SMILES string of the molecule is COCCO.COCCOC(=O)c1ccc(/C=[N+](\[O-])c2ccccc2)cc1.COc1ccc(C(=O)O)cc1.O=C(O)c1ccc(/C=[N+](\[O-])c2ccccc2)cc1.O=C(O)c1ccc(/C=[N+](\[O-])c2ccccc2)cc1.ONc1ccccc1. The molecule has 0 fully saturated rings. The number of para-hydroxylation sites is 4. The predicted molar refractivity (Wildman–Crippen MR) is 311 cm³/mol. The first kappa shape index (κ1) is 65.8. The van der Waals surface area contributed by atoms with Crippen LogP contribution in [0, 0.1) is 15.6 Å². The molecule has 0 aliphatic carbocycles. The van der Waals surface area contributed by atoms with Gasteiger partial charge in [0, 0.05) is 67.3 Å². The Bertz CT molecular complexity index is 3090. The van der Waals surface area contributed by atoms with Gasteiger partial charge in [0.15, 0.2) is 18.6 Å². The molecule has 20 heteroatoms. The molecule has 6 N–H and O–H groups in total. The normalized spacial score (nSPS) is 10.5. The smallest absolute Gasteiger partial charge is 0.338 e. The molecule has 8 aromatic carbocycles. The lowest BCUT2D eigenvalue weighted by Gasteiger charge is -2.05. The fourth-order valence-corrected chi connectivity index (χ4v) is 6.12. The van der Waals surface area contributed by atoms with Crippen LogP contribution < -0.4 is 10.2 Å². The lowest BCUT2D eigenvalue weighted by molar-refractivity contribution is -0.354. The molecule has 8 rings (SSSR count). The zero-order chi connectivity index (χ0) is 59.9. The van der Waals surface area contributed by atoms with E-state index in [0.717, 1.165) is 14.2 Å². The van der Waals surface area contributed by atoms with Crippen LogP contribution in [0.1, 0.15) is 58.1 Å². The van der Waals surface area contributed by atoms with Gasteiger partial charge in [0.25, 0.3) is 0 Å². The number of carbonyl (C=O) groups is 4. The van der Waals surface area contributed by atoms with Crippen LogP contribution >= 0.6 is 0 Å². The van der Waals surface area contributed by atoms with Crippen LogP contribution in [0.3, 0.4) is 0 Å². The van der Waals surface area contributed by atoms with E-state index in [1.165, 1.54) is 62.2 Å². The van der Waals surface area contributed by atoms with Crippen molar-refractivity contribution < 1.29 is 78.0 Å². The van der Waals surface area contributed by atoms with Crippen LogP contribution in [-0.4, -0.2) is 130 Å². The quantitative estimate of drug-likeness (QED) is 0.0123. The van der Waals surface area contributed by atoms with Crippen molar-refractivity contribution in [3.8, 4) is 5.75 Å². The van der Waals surface area contributed by atoms with Crippen LogP contribution in [-0.2, 0) is 14.2 Å². The summed E-state index contributed by atoms with van der Waals surface area (Å²) >= 11 is 0. The highest BCUT2D eigenvalue weighted by atomic mass is 16.6. The van der Waals surface area contributed by atoms with Gasteiger partial charge in [-0.1, -0.05) is 72.8 Å². The number of aliphatic hydroxyl groups excluding tert-OH is 1. The molecule has 0 aliphatic heterocycles. The molecule has 0 unspecified atom stereocenters. The minimum Gasteiger partial charge on any atom is -0.618 e. The minimum absolute atomic E-state index is 0.122. The third-order valence-corrected chi connectivity index (χ3v) is 10.3. The highest BCUT2D eigenvalue weighted by Gasteiger charge is 2.09. The zero-order valence-corrected chi connectivity index (χ0v) is 44.9. The first-order valence-corrected chi connectivity index (χ1v) is 24.6. The topological polar surface area (TPSA) is 297 Å². The molecule has 0 radical (unpaired) electrons. The highest BCUT2D eigenvalue weighted by molar-refractivity contribution is 5.91. The Balaban J connectivity index is 0.000000271. The fourth-order valence-electron chi connectivity index (χ4n) is 6.12. The maximum absolute atomic E-state index is 12.0. The maximum atomic E-state index is 12.0. The Hall–Kier alpha value is -10.5. The number of hydrogen-bond acceptors (Lipinski definition) is 14. The molecule has 0 aliphatic rings. The molecule has 8 aromatic rings. The van der Waals surface area contributed by atoms with Gasteiger partial charge in [0.1, 0.15) is 12.4 Å². The number of rotatable bonds is 17. The van der Waals surface area contributed by atoms with Crippen molar-refractivity contribution in [1.29, 1.82) is 0 Å². The second-order valence-electron chi connectivity index (χ2n) is 16.2. The number of carbonyl (C=O) groups excluding carboxylic acids is 1. The van der Waals surface area contributed by atoms with Crippen LogP contribution in [0.2, 0.25) is 0 Å². The molecule has 20 nitrogen and oxygen atoms in total. The summed E-state index contributed by atoms with van der Waals surface area (Å²) in [6, 6.07) is 60.7. The number of anilines is 1. The third kappa shape index (κ3) is 25.8. The molecular formula is C62H62N4O16. The Labute approximate surface area is 473 Å². The van der Waals surface area contributed by atoms with Gasteiger partial charge in [0.2, 0.25) is 17.1 Å². The molecule has 0 atom stereocenters.